The van der Waals surface area contributed by atoms with Crippen LogP contribution < -0.4 is 11.1 Å². The van der Waals surface area contributed by atoms with Crippen molar-refractivity contribution in [2.75, 3.05) is 13.1 Å². The van der Waals surface area contributed by atoms with E-state index in [2.05, 4.69) is 5.32 Å². The number of hydrogen-bond acceptors (Lipinski definition) is 2. The van der Waals surface area contributed by atoms with Gasteiger partial charge < -0.3 is 11.1 Å². The van der Waals surface area contributed by atoms with Gasteiger partial charge in [-0.05, 0) is 43.4 Å². The van der Waals surface area contributed by atoms with Crippen molar-refractivity contribution in [3.8, 4) is 0 Å². The molecular formula is C12H22N2O. The van der Waals surface area contributed by atoms with Crippen LogP contribution in [0.1, 0.15) is 39.0 Å². The van der Waals surface area contributed by atoms with E-state index in [9.17, 15) is 4.79 Å². The topological polar surface area (TPSA) is 55.1 Å². The Kier molecular flexibility index (Phi) is 3.01. The highest BCUT2D eigenvalue weighted by Crippen LogP contribution is 2.60. The fourth-order valence-electron chi connectivity index (χ4n) is 2.45. The molecule has 0 bridgehead atoms. The van der Waals surface area contributed by atoms with Crippen LogP contribution in [-0.4, -0.2) is 19.0 Å². The SMILES string of the molecule is CCC(CN)C(=O)NCC1(C2CC2)CC1. The first-order valence-electron chi connectivity index (χ1n) is 6.19. The second-order valence-corrected chi connectivity index (χ2v) is 5.20. The quantitative estimate of drug-likeness (QED) is 0.694. The second kappa shape index (κ2) is 4.12. The number of nitrogens with two attached hydrogens (primary N) is 1. The molecule has 2 fully saturated rings. The van der Waals surface area contributed by atoms with Crippen molar-refractivity contribution < 1.29 is 4.79 Å². The highest BCUT2D eigenvalue weighted by atomic mass is 16.1. The number of nitrogens with one attached hydrogen (secondary N) is 1. The minimum Gasteiger partial charge on any atom is -0.355 e. The minimum absolute atomic E-state index is 0.0139. The molecule has 2 saturated carbocycles. The van der Waals surface area contributed by atoms with Gasteiger partial charge in [-0.3, -0.25) is 4.79 Å². The molecule has 0 aliphatic heterocycles. The normalized spacial score (nSPS) is 24.7. The number of carbonyl (C=O) groups is 1. The summed E-state index contributed by atoms with van der Waals surface area (Å²) in [5, 5.41) is 3.09. The summed E-state index contributed by atoms with van der Waals surface area (Å²) < 4.78 is 0. The average molecular weight is 210 g/mol. The molecule has 1 atom stereocenters. The van der Waals surface area contributed by atoms with Gasteiger partial charge >= 0.3 is 0 Å². The Morgan fingerprint density at radius 1 is 1.53 bits per heavy atom. The fourth-order valence-corrected chi connectivity index (χ4v) is 2.45. The molecule has 1 amide bonds. The van der Waals surface area contributed by atoms with E-state index in [1.807, 2.05) is 6.92 Å². The van der Waals surface area contributed by atoms with Crippen LogP contribution in [0.2, 0.25) is 0 Å². The van der Waals surface area contributed by atoms with E-state index in [4.69, 9.17) is 5.73 Å². The molecule has 0 aromatic rings. The van der Waals surface area contributed by atoms with Crippen molar-refractivity contribution in [3.63, 3.8) is 0 Å². The molecule has 0 aromatic heterocycles. The Hall–Kier alpha value is -0.570. The Balaban J connectivity index is 1.75. The molecule has 3 nitrogen and oxygen atoms in total. The summed E-state index contributed by atoms with van der Waals surface area (Å²) in [6.07, 6.45) is 6.24. The summed E-state index contributed by atoms with van der Waals surface area (Å²) in [6, 6.07) is 0. The van der Waals surface area contributed by atoms with Crippen LogP contribution in [0.25, 0.3) is 0 Å². The van der Waals surface area contributed by atoms with Gasteiger partial charge in [0.05, 0.1) is 0 Å². The highest BCUT2D eigenvalue weighted by Gasteiger charge is 2.53. The third kappa shape index (κ3) is 2.33. The van der Waals surface area contributed by atoms with Crippen LogP contribution in [-0.2, 0) is 4.79 Å². The third-order valence-electron chi connectivity index (χ3n) is 4.10. The first kappa shape index (κ1) is 10.9. The first-order valence-corrected chi connectivity index (χ1v) is 6.19. The zero-order valence-corrected chi connectivity index (χ0v) is 9.59. The molecule has 15 heavy (non-hydrogen) atoms. The molecule has 86 valence electrons. The van der Waals surface area contributed by atoms with E-state index < -0.39 is 0 Å². The predicted molar refractivity (Wildman–Crippen MR) is 60.2 cm³/mol. The molecule has 0 saturated heterocycles. The lowest BCUT2D eigenvalue weighted by molar-refractivity contribution is -0.125. The third-order valence-corrected chi connectivity index (χ3v) is 4.10. The largest absolute Gasteiger partial charge is 0.355 e. The Labute approximate surface area is 91.8 Å². The van der Waals surface area contributed by atoms with Crippen molar-refractivity contribution in [1.82, 2.24) is 5.32 Å². The van der Waals surface area contributed by atoms with E-state index in [1.54, 1.807) is 0 Å². The van der Waals surface area contributed by atoms with Crippen molar-refractivity contribution in [3.05, 3.63) is 0 Å². The van der Waals surface area contributed by atoms with Crippen molar-refractivity contribution in [1.29, 1.82) is 0 Å². The zero-order valence-electron chi connectivity index (χ0n) is 9.59. The fraction of sp³-hybridized carbons (Fsp3) is 0.917. The van der Waals surface area contributed by atoms with E-state index in [0.29, 0.717) is 12.0 Å². The molecule has 0 heterocycles. The molecule has 3 heteroatoms. The maximum absolute atomic E-state index is 11.7. The number of rotatable bonds is 6. The summed E-state index contributed by atoms with van der Waals surface area (Å²) >= 11 is 0. The van der Waals surface area contributed by atoms with E-state index in [-0.39, 0.29) is 11.8 Å². The summed E-state index contributed by atoms with van der Waals surface area (Å²) in [5.74, 6) is 1.09. The van der Waals surface area contributed by atoms with Crippen LogP contribution >= 0.6 is 0 Å². The van der Waals surface area contributed by atoms with Crippen LogP contribution in [0.3, 0.4) is 0 Å². The average Bonchev–Trinajstić information content (AvgIpc) is 3.08. The van der Waals surface area contributed by atoms with Gasteiger partial charge in [0.15, 0.2) is 0 Å². The molecule has 0 aromatic carbocycles. The lowest BCUT2D eigenvalue weighted by Crippen LogP contribution is -2.38. The van der Waals surface area contributed by atoms with Crippen molar-refractivity contribution >= 4 is 5.91 Å². The maximum Gasteiger partial charge on any atom is 0.224 e. The monoisotopic (exact) mass is 210 g/mol. The Morgan fingerprint density at radius 2 is 2.20 bits per heavy atom. The van der Waals surface area contributed by atoms with Crippen molar-refractivity contribution in [2.45, 2.75) is 39.0 Å². The smallest absolute Gasteiger partial charge is 0.224 e. The van der Waals surface area contributed by atoms with E-state index in [0.717, 1.165) is 18.9 Å². The van der Waals surface area contributed by atoms with Crippen LogP contribution in [0, 0.1) is 17.3 Å². The number of amides is 1. The van der Waals surface area contributed by atoms with Gasteiger partial charge in [0, 0.05) is 19.0 Å². The lowest BCUT2D eigenvalue weighted by atomic mass is 9.99. The molecule has 2 aliphatic carbocycles. The van der Waals surface area contributed by atoms with Crippen LogP contribution in [0.5, 0.6) is 0 Å². The van der Waals surface area contributed by atoms with E-state index >= 15 is 0 Å². The van der Waals surface area contributed by atoms with Gasteiger partial charge in [0.25, 0.3) is 0 Å². The summed E-state index contributed by atoms with van der Waals surface area (Å²) in [4.78, 5) is 11.7. The molecule has 1 unspecified atom stereocenters. The Bertz CT molecular complexity index is 240. The molecular weight excluding hydrogens is 188 g/mol. The van der Waals surface area contributed by atoms with Gasteiger partial charge in [-0.15, -0.1) is 0 Å². The summed E-state index contributed by atoms with van der Waals surface area (Å²) in [6.45, 7) is 3.39. The highest BCUT2D eigenvalue weighted by molar-refractivity contribution is 5.78. The first-order chi connectivity index (χ1) is 7.22. The lowest BCUT2D eigenvalue weighted by Gasteiger charge is -2.18. The van der Waals surface area contributed by atoms with Gasteiger partial charge in [-0.1, -0.05) is 6.92 Å². The molecule has 3 N–H and O–H groups in total. The molecule has 2 aliphatic rings. The summed E-state index contributed by atoms with van der Waals surface area (Å²) in [7, 11) is 0. The number of hydrogen-bond donors (Lipinski definition) is 2. The predicted octanol–water partition coefficient (Wildman–Crippen LogP) is 1.28. The van der Waals surface area contributed by atoms with Gasteiger partial charge in [0.1, 0.15) is 0 Å². The molecule has 0 radical (unpaired) electrons. The minimum atomic E-state index is 0.0139. The van der Waals surface area contributed by atoms with Crippen molar-refractivity contribution in [2.24, 2.45) is 23.0 Å². The van der Waals surface area contributed by atoms with Crippen LogP contribution in [0.4, 0.5) is 0 Å². The maximum atomic E-state index is 11.7. The number of carbonyl (C=O) groups excluding carboxylic acids is 1. The Morgan fingerprint density at radius 3 is 2.60 bits per heavy atom. The van der Waals surface area contributed by atoms with Crippen LogP contribution in [0.15, 0.2) is 0 Å². The van der Waals surface area contributed by atoms with E-state index in [1.165, 1.54) is 25.7 Å². The van der Waals surface area contributed by atoms with Gasteiger partial charge in [-0.2, -0.15) is 0 Å². The molecule has 0 spiro atoms. The van der Waals surface area contributed by atoms with Gasteiger partial charge in [-0.25, -0.2) is 0 Å². The second-order valence-electron chi connectivity index (χ2n) is 5.20. The summed E-state index contributed by atoms with van der Waals surface area (Å²) in [5.41, 5.74) is 6.05. The molecule has 2 rings (SSSR count). The zero-order chi connectivity index (χ0) is 10.9. The standard InChI is InChI=1S/C12H22N2O/c1-2-9(7-13)11(15)14-8-12(5-6-12)10-3-4-10/h9-10H,2-8,13H2,1H3,(H,14,15). The van der Waals surface area contributed by atoms with Gasteiger partial charge in [0.2, 0.25) is 5.91 Å².